The van der Waals surface area contributed by atoms with E-state index in [2.05, 4.69) is 12.6 Å². The van der Waals surface area contributed by atoms with Gasteiger partial charge >= 0.3 is 5.97 Å². The van der Waals surface area contributed by atoms with E-state index in [1.54, 1.807) is 0 Å². The van der Waals surface area contributed by atoms with E-state index in [1.165, 1.54) is 6.92 Å². The highest BCUT2D eigenvalue weighted by Crippen LogP contribution is 1.80. The SMILES string of the molecule is CC=O.N[C@@H](CS)C(=O)O. The first kappa shape index (κ1) is 12.2. The number of thiol groups is 1. The first-order valence-electron chi connectivity index (χ1n) is 2.59. The molecule has 0 fully saturated rings. The third-order valence-corrected chi connectivity index (χ3v) is 0.907. The van der Waals surface area contributed by atoms with E-state index in [0.29, 0.717) is 0 Å². The highest BCUT2D eigenvalue weighted by atomic mass is 32.1. The second-order valence-electron chi connectivity index (χ2n) is 1.36. The zero-order chi connectivity index (χ0) is 8.57. The summed E-state index contributed by atoms with van der Waals surface area (Å²) >= 11 is 3.65. The van der Waals surface area contributed by atoms with E-state index in [1.807, 2.05) is 0 Å². The molecular formula is C5H11NO3S. The van der Waals surface area contributed by atoms with Crippen molar-refractivity contribution in [3.63, 3.8) is 0 Å². The molecule has 10 heavy (non-hydrogen) atoms. The van der Waals surface area contributed by atoms with Gasteiger partial charge in [0.15, 0.2) is 0 Å². The molecule has 5 heteroatoms. The summed E-state index contributed by atoms with van der Waals surface area (Å²) in [6.07, 6.45) is 0.750. The van der Waals surface area contributed by atoms with Gasteiger partial charge in [0.2, 0.25) is 0 Å². The second-order valence-corrected chi connectivity index (χ2v) is 1.73. The molecular weight excluding hydrogens is 154 g/mol. The summed E-state index contributed by atoms with van der Waals surface area (Å²) in [7, 11) is 0. The average molecular weight is 165 g/mol. The van der Waals surface area contributed by atoms with Gasteiger partial charge in [0.25, 0.3) is 0 Å². The van der Waals surface area contributed by atoms with E-state index in [-0.39, 0.29) is 5.75 Å². The maximum absolute atomic E-state index is 9.76. The summed E-state index contributed by atoms with van der Waals surface area (Å²) in [5.74, 6) is -0.815. The Morgan fingerprint density at radius 2 is 2.20 bits per heavy atom. The number of carboxylic acid groups (broad SMARTS) is 1. The molecule has 0 unspecified atom stereocenters. The van der Waals surface area contributed by atoms with Crippen LogP contribution in [0.25, 0.3) is 0 Å². The molecule has 0 spiro atoms. The van der Waals surface area contributed by atoms with Gasteiger partial charge in [-0.1, -0.05) is 0 Å². The van der Waals surface area contributed by atoms with E-state index >= 15 is 0 Å². The molecule has 0 bridgehead atoms. The number of carbonyl (C=O) groups is 2. The standard InChI is InChI=1S/C3H7NO2S.C2H4O/c4-2(1-7)3(5)6;1-2-3/h2,7H,1,4H2,(H,5,6);2H,1H3/t2-;/m0./s1. The minimum absolute atomic E-state index is 0.190. The molecule has 0 aliphatic carbocycles. The van der Waals surface area contributed by atoms with Crippen LogP contribution in [0.5, 0.6) is 0 Å². The maximum Gasteiger partial charge on any atom is 0.321 e. The lowest BCUT2D eigenvalue weighted by molar-refractivity contribution is -0.137. The normalized spacial score (nSPS) is 10.7. The molecule has 0 aliphatic heterocycles. The van der Waals surface area contributed by atoms with Gasteiger partial charge in [-0.25, -0.2) is 0 Å². The molecule has 0 heterocycles. The van der Waals surface area contributed by atoms with Crippen molar-refractivity contribution in [3.8, 4) is 0 Å². The van der Waals surface area contributed by atoms with Crippen LogP contribution in [0.15, 0.2) is 0 Å². The van der Waals surface area contributed by atoms with Crippen LogP contribution in [0.3, 0.4) is 0 Å². The van der Waals surface area contributed by atoms with Gasteiger partial charge in [0, 0.05) is 5.75 Å². The Morgan fingerprint density at radius 3 is 2.20 bits per heavy atom. The van der Waals surface area contributed by atoms with Crippen molar-refractivity contribution >= 4 is 24.9 Å². The minimum atomic E-state index is -1.00. The molecule has 0 saturated carbocycles. The first-order valence-corrected chi connectivity index (χ1v) is 3.22. The van der Waals surface area contributed by atoms with Gasteiger partial charge in [-0.15, -0.1) is 0 Å². The van der Waals surface area contributed by atoms with Crippen LogP contribution in [0.1, 0.15) is 6.92 Å². The van der Waals surface area contributed by atoms with Crippen molar-refractivity contribution in [1.29, 1.82) is 0 Å². The number of hydrogen-bond acceptors (Lipinski definition) is 4. The summed E-state index contributed by atoms with van der Waals surface area (Å²) < 4.78 is 0. The molecule has 60 valence electrons. The number of nitrogens with two attached hydrogens (primary N) is 1. The van der Waals surface area contributed by atoms with E-state index < -0.39 is 12.0 Å². The third kappa shape index (κ3) is 10.4. The number of hydrogen-bond donors (Lipinski definition) is 3. The topological polar surface area (TPSA) is 80.4 Å². The van der Waals surface area contributed by atoms with Crippen LogP contribution in [-0.2, 0) is 9.59 Å². The summed E-state index contributed by atoms with van der Waals surface area (Å²) in [6.45, 7) is 1.44. The van der Waals surface area contributed by atoms with Crippen LogP contribution in [-0.4, -0.2) is 29.2 Å². The Labute approximate surface area is 64.8 Å². The Bertz CT molecular complexity index is 107. The monoisotopic (exact) mass is 165 g/mol. The molecule has 0 aromatic heterocycles. The Balaban J connectivity index is 0. The highest BCUT2D eigenvalue weighted by molar-refractivity contribution is 7.80. The summed E-state index contributed by atoms with van der Waals surface area (Å²) in [6, 6.07) is -0.816. The minimum Gasteiger partial charge on any atom is -0.480 e. The molecule has 0 aromatic rings. The molecule has 1 atom stereocenters. The van der Waals surface area contributed by atoms with Crippen LogP contribution < -0.4 is 5.73 Å². The Morgan fingerprint density at radius 1 is 1.90 bits per heavy atom. The van der Waals surface area contributed by atoms with Gasteiger partial charge in [0.1, 0.15) is 12.3 Å². The van der Waals surface area contributed by atoms with Crippen molar-refractivity contribution in [2.75, 3.05) is 5.75 Å². The molecule has 3 N–H and O–H groups in total. The maximum atomic E-state index is 9.76. The molecule has 0 radical (unpaired) electrons. The number of aliphatic carboxylic acids is 1. The predicted molar refractivity (Wildman–Crippen MR) is 41.2 cm³/mol. The fourth-order valence-electron chi connectivity index (χ4n) is 0.0781. The summed E-state index contributed by atoms with van der Waals surface area (Å²) in [4.78, 5) is 18.6. The highest BCUT2D eigenvalue weighted by Gasteiger charge is 2.06. The van der Waals surface area contributed by atoms with Crippen LogP contribution in [0, 0.1) is 0 Å². The van der Waals surface area contributed by atoms with Crippen molar-refractivity contribution in [2.45, 2.75) is 13.0 Å². The number of rotatable bonds is 2. The number of aldehydes is 1. The molecule has 4 nitrogen and oxygen atoms in total. The molecule has 0 amide bonds. The second kappa shape index (κ2) is 8.45. The van der Waals surface area contributed by atoms with Gasteiger partial charge in [0.05, 0.1) is 0 Å². The lowest BCUT2D eigenvalue weighted by atomic mass is 10.4. The quantitative estimate of drug-likeness (QED) is 0.382. The van der Waals surface area contributed by atoms with Crippen molar-refractivity contribution < 1.29 is 14.7 Å². The van der Waals surface area contributed by atoms with Gasteiger partial charge in [-0.3, -0.25) is 4.79 Å². The molecule has 0 rings (SSSR count). The third-order valence-electron chi connectivity index (χ3n) is 0.514. The zero-order valence-electron chi connectivity index (χ0n) is 5.65. The van der Waals surface area contributed by atoms with Crippen LogP contribution >= 0.6 is 12.6 Å². The fourth-order valence-corrected chi connectivity index (χ4v) is 0.234. The molecule has 0 aromatic carbocycles. The lowest BCUT2D eigenvalue weighted by Gasteiger charge is -1.96. The molecule has 0 saturated heterocycles. The van der Waals surface area contributed by atoms with E-state index in [0.717, 1.165) is 6.29 Å². The van der Waals surface area contributed by atoms with Gasteiger partial charge < -0.3 is 15.6 Å². The van der Waals surface area contributed by atoms with E-state index in [9.17, 15) is 4.79 Å². The Hall–Kier alpha value is -0.550. The summed E-state index contributed by atoms with van der Waals surface area (Å²) in [5.41, 5.74) is 4.94. The van der Waals surface area contributed by atoms with Crippen molar-refractivity contribution in [2.24, 2.45) is 5.73 Å². The first-order chi connectivity index (χ1) is 4.59. The number of carbonyl (C=O) groups excluding carboxylic acids is 1. The summed E-state index contributed by atoms with van der Waals surface area (Å²) in [5, 5.41) is 8.01. The van der Waals surface area contributed by atoms with Crippen LogP contribution in [0.4, 0.5) is 0 Å². The largest absolute Gasteiger partial charge is 0.480 e. The van der Waals surface area contributed by atoms with Gasteiger partial charge in [-0.2, -0.15) is 12.6 Å². The van der Waals surface area contributed by atoms with Gasteiger partial charge in [-0.05, 0) is 6.92 Å². The smallest absolute Gasteiger partial charge is 0.321 e. The lowest BCUT2D eigenvalue weighted by Crippen LogP contribution is -2.31. The average Bonchev–Trinajstić information content (AvgIpc) is 1.88. The zero-order valence-corrected chi connectivity index (χ0v) is 6.54. The van der Waals surface area contributed by atoms with Crippen molar-refractivity contribution in [3.05, 3.63) is 0 Å². The van der Waals surface area contributed by atoms with E-state index in [4.69, 9.17) is 15.6 Å². The molecule has 0 aliphatic rings. The Kier molecular flexibility index (Phi) is 10.3. The fraction of sp³-hybridized carbons (Fsp3) is 0.600. The van der Waals surface area contributed by atoms with Crippen molar-refractivity contribution in [1.82, 2.24) is 0 Å². The predicted octanol–water partition coefficient (Wildman–Crippen LogP) is -0.467. The van der Waals surface area contributed by atoms with Crippen LogP contribution in [0.2, 0.25) is 0 Å². The number of carboxylic acids is 1.